The number of likely N-dealkylation sites (N-methyl/N-ethyl adjacent to an activating group) is 1. The summed E-state index contributed by atoms with van der Waals surface area (Å²) in [7, 11) is 4.00. The zero-order chi connectivity index (χ0) is 19.6. The van der Waals surface area contributed by atoms with Gasteiger partial charge in [-0.1, -0.05) is 11.6 Å². The molecule has 0 aliphatic rings. The second-order valence-electron chi connectivity index (χ2n) is 6.66. The third kappa shape index (κ3) is 4.58. The molecule has 3 aromatic heterocycles. The number of halogens is 1. The molecule has 1 amide bonds. The lowest BCUT2D eigenvalue weighted by Gasteiger charge is -2.08. The van der Waals surface area contributed by atoms with Crippen molar-refractivity contribution in [3.63, 3.8) is 0 Å². The number of rotatable bonds is 7. The molecule has 0 fully saturated rings. The number of furan rings is 1. The number of aromatic nitrogens is 4. The zero-order valence-corrected chi connectivity index (χ0v) is 16.6. The number of hydrogen-bond acceptors (Lipinski definition) is 5. The first-order valence-corrected chi connectivity index (χ1v) is 8.98. The van der Waals surface area contributed by atoms with Gasteiger partial charge in [-0.2, -0.15) is 10.2 Å². The maximum absolute atomic E-state index is 12.4. The summed E-state index contributed by atoms with van der Waals surface area (Å²) in [5.41, 5.74) is 2.26. The number of aryl methyl sites for hydroxylation is 1. The van der Waals surface area contributed by atoms with Crippen LogP contribution in [0.25, 0.3) is 0 Å². The molecule has 144 valence electrons. The lowest BCUT2D eigenvalue weighted by molar-refractivity contribution is 0.0994. The van der Waals surface area contributed by atoms with Crippen molar-refractivity contribution in [3.05, 3.63) is 52.5 Å². The number of nitrogens with zero attached hydrogens (tertiary/aromatic N) is 5. The molecule has 8 nitrogen and oxygen atoms in total. The number of carbonyl (C=O) groups excluding carboxylic acids is 1. The summed E-state index contributed by atoms with van der Waals surface area (Å²) in [5.74, 6) is 0.544. The fourth-order valence-corrected chi connectivity index (χ4v) is 2.74. The largest absolute Gasteiger partial charge is 0.454 e. The summed E-state index contributed by atoms with van der Waals surface area (Å²) < 4.78 is 9.21. The van der Waals surface area contributed by atoms with E-state index in [1.807, 2.05) is 27.9 Å². The van der Waals surface area contributed by atoms with Gasteiger partial charge in [0.05, 0.1) is 41.4 Å². The van der Waals surface area contributed by atoms with E-state index in [4.69, 9.17) is 16.0 Å². The van der Waals surface area contributed by atoms with E-state index < -0.39 is 0 Å². The van der Waals surface area contributed by atoms with E-state index in [9.17, 15) is 4.79 Å². The van der Waals surface area contributed by atoms with Crippen LogP contribution in [0.5, 0.6) is 0 Å². The van der Waals surface area contributed by atoms with Gasteiger partial charge in [0.2, 0.25) is 0 Å². The summed E-state index contributed by atoms with van der Waals surface area (Å²) in [6.45, 7) is 5.78. The second kappa shape index (κ2) is 7.98. The standard InChI is InChI=1S/C18H23ClN6O2/c1-12-17(19)13(2)25(22-12)11-15-5-6-16(27-15)18(26)21-14-9-20-24(10-14)8-7-23(3)4/h5-6,9-10H,7-8,11H2,1-4H3,(H,21,26). The summed E-state index contributed by atoms with van der Waals surface area (Å²) in [5, 5.41) is 12.0. The second-order valence-corrected chi connectivity index (χ2v) is 7.04. The highest BCUT2D eigenvalue weighted by Gasteiger charge is 2.15. The Bertz CT molecular complexity index is 940. The average molecular weight is 391 g/mol. The minimum absolute atomic E-state index is 0.235. The number of hydrogen-bond donors (Lipinski definition) is 1. The Labute approximate surface area is 162 Å². The maximum atomic E-state index is 12.4. The van der Waals surface area contributed by atoms with Gasteiger partial charge in [0.25, 0.3) is 5.91 Å². The Morgan fingerprint density at radius 1 is 1.33 bits per heavy atom. The monoisotopic (exact) mass is 390 g/mol. The summed E-state index contributed by atoms with van der Waals surface area (Å²) in [6, 6.07) is 3.41. The Morgan fingerprint density at radius 2 is 2.11 bits per heavy atom. The van der Waals surface area contributed by atoms with Crippen molar-refractivity contribution >= 4 is 23.2 Å². The van der Waals surface area contributed by atoms with Gasteiger partial charge in [0.15, 0.2) is 5.76 Å². The Kier molecular flexibility index (Phi) is 5.67. The van der Waals surface area contributed by atoms with Gasteiger partial charge in [0.1, 0.15) is 5.76 Å². The molecule has 0 atom stereocenters. The van der Waals surface area contributed by atoms with E-state index in [2.05, 4.69) is 20.4 Å². The van der Waals surface area contributed by atoms with E-state index in [1.54, 1.807) is 33.9 Å². The Hall–Kier alpha value is -2.58. The first kappa shape index (κ1) is 19.2. The minimum Gasteiger partial charge on any atom is -0.454 e. The van der Waals surface area contributed by atoms with Gasteiger partial charge in [-0.15, -0.1) is 0 Å². The van der Waals surface area contributed by atoms with E-state index in [-0.39, 0.29) is 11.7 Å². The number of amides is 1. The van der Waals surface area contributed by atoms with Crippen molar-refractivity contribution in [2.45, 2.75) is 26.9 Å². The van der Waals surface area contributed by atoms with Crippen LogP contribution in [0.1, 0.15) is 27.7 Å². The van der Waals surface area contributed by atoms with Crippen LogP contribution in [-0.4, -0.2) is 51.0 Å². The first-order chi connectivity index (χ1) is 12.8. The van der Waals surface area contributed by atoms with Crippen molar-refractivity contribution in [1.29, 1.82) is 0 Å². The molecule has 0 bridgehead atoms. The Balaban J connectivity index is 1.62. The van der Waals surface area contributed by atoms with Crippen LogP contribution in [0.15, 0.2) is 28.9 Å². The van der Waals surface area contributed by atoms with Crippen molar-refractivity contribution in [3.8, 4) is 0 Å². The van der Waals surface area contributed by atoms with Crippen LogP contribution in [0, 0.1) is 13.8 Å². The molecule has 3 aromatic rings. The molecule has 27 heavy (non-hydrogen) atoms. The highest BCUT2D eigenvalue weighted by molar-refractivity contribution is 6.31. The quantitative estimate of drug-likeness (QED) is 0.670. The van der Waals surface area contributed by atoms with Crippen LogP contribution >= 0.6 is 11.6 Å². The van der Waals surface area contributed by atoms with Crippen LogP contribution in [0.2, 0.25) is 5.02 Å². The van der Waals surface area contributed by atoms with E-state index in [0.29, 0.717) is 23.0 Å². The normalized spacial score (nSPS) is 11.3. The summed E-state index contributed by atoms with van der Waals surface area (Å²) in [4.78, 5) is 14.5. The van der Waals surface area contributed by atoms with Gasteiger partial charge in [-0.05, 0) is 40.1 Å². The molecule has 3 heterocycles. The molecular formula is C18H23ClN6O2. The van der Waals surface area contributed by atoms with Gasteiger partial charge < -0.3 is 14.6 Å². The van der Waals surface area contributed by atoms with Crippen LogP contribution in [-0.2, 0) is 13.1 Å². The molecule has 9 heteroatoms. The smallest absolute Gasteiger partial charge is 0.291 e. The molecule has 0 saturated carbocycles. The Morgan fingerprint density at radius 3 is 2.78 bits per heavy atom. The highest BCUT2D eigenvalue weighted by Crippen LogP contribution is 2.20. The molecule has 0 radical (unpaired) electrons. The van der Waals surface area contributed by atoms with Crippen LogP contribution in [0.4, 0.5) is 5.69 Å². The predicted molar refractivity (Wildman–Crippen MR) is 103 cm³/mol. The van der Waals surface area contributed by atoms with Gasteiger partial charge in [0, 0.05) is 12.7 Å². The van der Waals surface area contributed by atoms with Gasteiger partial charge in [-0.3, -0.25) is 14.2 Å². The van der Waals surface area contributed by atoms with Crippen molar-refractivity contribution in [2.24, 2.45) is 0 Å². The third-order valence-corrected chi connectivity index (χ3v) is 4.70. The lowest BCUT2D eigenvalue weighted by Crippen LogP contribution is -2.18. The highest BCUT2D eigenvalue weighted by atomic mass is 35.5. The lowest BCUT2D eigenvalue weighted by atomic mass is 10.3. The topological polar surface area (TPSA) is 81.1 Å². The molecule has 0 unspecified atom stereocenters. The van der Waals surface area contributed by atoms with E-state index in [0.717, 1.165) is 24.5 Å². The zero-order valence-electron chi connectivity index (χ0n) is 15.9. The average Bonchev–Trinajstić information content (AvgIpc) is 3.32. The molecule has 0 aliphatic heterocycles. The summed E-state index contributed by atoms with van der Waals surface area (Å²) >= 11 is 6.16. The van der Waals surface area contributed by atoms with E-state index >= 15 is 0 Å². The molecule has 0 spiro atoms. The fourth-order valence-electron chi connectivity index (χ4n) is 2.61. The number of nitrogens with one attached hydrogen (secondary N) is 1. The van der Waals surface area contributed by atoms with Crippen molar-refractivity contribution in [2.75, 3.05) is 26.0 Å². The summed E-state index contributed by atoms with van der Waals surface area (Å²) in [6.07, 6.45) is 3.42. The SMILES string of the molecule is Cc1nn(Cc2ccc(C(=O)Nc3cnn(CCN(C)C)c3)o2)c(C)c1Cl. The first-order valence-electron chi connectivity index (χ1n) is 8.60. The maximum Gasteiger partial charge on any atom is 0.291 e. The number of anilines is 1. The fraction of sp³-hybridized carbons (Fsp3) is 0.389. The number of carbonyl (C=O) groups is 1. The van der Waals surface area contributed by atoms with Gasteiger partial charge >= 0.3 is 0 Å². The minimum atomic E-state index is -0.320. The molecule has 0 aliphatic carbocycles. The molecule has 0 saturated heterocycles. The predicted octanol–water partition coefficient (Wildman–Crippen LogP) is 2.81. The molecular weight excluding hydrogens is 368 g/mol. The van der Waals surface area contributed by atoms with Gasteiger partial charge in [-0.25, -0.2) is 0 Å². The third-order valence-electron chi connectivity index (χ3n) is 4.15. The van der Waals surface area contributed by atoms with E-state index in [1.165, 1.54) is 0 Å². The molecule has 0 aromatic carbocycles. The van der Waals surface area contributed by atoms with Crippen molar-refractivity contribution < 1.29 is 9.21 Å². The van der Waals surface area contributed by atoms with Crippen LogP contribution in [0.3, 0.4) is 0 Å². The van der Waals surface area contributed by atoms with Crippen molar-refractivity contribution in [1.82, 2.24) is 24.5 Å². The molecule has 1 N–H and O–H groups in total. The molecule has 3 rings (SSSR count). The van der Waals surface area contributed by atoms with Crippen LogP contribution < -0.4 is 5.32 Å².